The van der Waals surface area contributed by atoms with Crippen LogP contribution in [0.25, 0.3) is 107 Å². The minimum Gasteiger partial charge on any atom is -0.436 e. The predicted octanol–water partition coefficient (Wildman–Crippen LogP) is 11.6. The van der Waals surface area contributed by atoms with Gasteiger partial charge in [-0.05, 0) is 84.9 Å². The van der Waals surface area contributed by atoms with Crippen LogP contribution in [0.4, 0.5) is 0 Å². The highest BCUT2D eigenvalue weighted by atomic mass is 16.4. The molecule has 0 aliphatic carbocycles. The monoisotopic (exact) mass is 708 g/mol. The Morgan fingerprint density at radius 1 is 0.345 bits per heavy atom. The summed E-state index contributed by atoms with van der Waals surface area (Å²) in [4.78, 5) is 24.9. The van der Waals surface area contributed by atoms with Crippen molar-refractivity contribution in [2.45, 2.75) is 0 Å². The molecule has 4 heterocycles. The van der Waals surface area contributed by atoms with Crippen molar-refractivity contribution < 1.29 is 8.83 Å². The van der Waals surface area contributed by atoms with Gasteiger partial charge in [0.2, 0.25) is 11.8 Å². The molecule has 4 aromatic heterocycles. The number of aromatic nitrogens is 6. The Morgan fingerprint density at radius 3 is 1.36 bits per heavy atom. The first-order valence-corrected chi connectivity index (χ1v) is 18.0. The molecule has 258 valence electrons. The molecule has 0 atom stereocenters. The third-order valence-electron chi connectivity index (χ3n) is 9.91. The Bertz CT molecular complexity index is 3070. The van der Waals surface area contributed by atoms with Crippen molar-refractivity contribution in [2.24, 2.45) is 0 Å². The van der Waals surface area contributed by atoms with E-state index in [1.807, 2.05) is 103 Å². The zero-order valence-electron chi connectivity index (χ0n) is 29.2. The molecule has 11 aromatic rings. The van der Waals surface area contributed by atoms with Gasteiger partial charge < -0.3 is 13.4 Å². The number of hydrogen-bond acceptors (Lipinski definition) is 7. The summed E-state index contributed by atoms with van der Waals surface area (Å²) in [6, 6.07) is 56.8. The van der Waals surface area contributed by atoms with Crippen LogP contribution in [-0.2, 0) is 0 Å². The van der Waals surface area contributed by atoms with Crippen LogP contribution in [0.15, 0.2) is 179 Å². The maximum absolute atomic E-state index is 6.14. The smallest absolute Gasteiger partial charge is 0.227 e. The lowest BCUT2D eigenvalue weighted by atomic mass is 10.1. The molecule has 0 saturated heterocycles. The number of nitrogens with zero attached hydrogens (tertiary/aromatic N) is 6. The molecule has 0 amide bonds. The average molecular weight is 709 g/mol. The molecular formula is C47H28N6O2. The lowest BCUT2D eigenvalue weighted by molar-refractivity contribution is 0.619. The Kier molecular flexibility index (Phi) is 6.99. The third-order valence-corrected chi connectivity index (χ3v) is 9.91. The van der Waals surface area contributed by atoms with E-state index < -0.39 is 0 Å². The van der Waals surface area contributed by atoms with E-state index >= 15 is 0 Å². The van der Waals surface area contributed by atoms with E-state index in [1.54, 1.807) is 0 Å². The Hall–Kier alpha value is -7.71. The van der Waals surface area contributed by atoms with E-state index in [4.69, 9.17) is 33.8 Å². The zero-order valence-corrected chi connectivity index (χ0v) is 29.2. The second kappa shape index (κ2) is 12.5. The second-order valence-electron chi connectivity index (χ2n) is 13.4. The summed E-state index contributed by atoms with van der Waals surface area (Å²) in [5.74, 6) is 2.69. The summed E-state index contributed by atoms with van der Waals surface area (Å²) in [7, 11) is 0. The second-order valence-corrected chi connectivity index (χ2v) is 13.4. The summed E-state index contributed by atoms with van der Waals surface area (Å²) in [5.41, 5.74) is 10.3. The van der Waals surface area contributed by atoms with Crippen LogP contribution in [0.5, 0.6) is 0 Å². The van der Waals surface area contributed by atoms with Gasteiger partial charge in [-0.3, -0.25) is 0 Å². The summed E-state index contributed by atoms with van der Waals surface area (Å²) in [5, 5.41) is 2.32. The van der Waals surface area contributed by atoms with E-state index in [2.05, 4.69) is 71.3 Å². The van der Waals surface area contributed by atoms with Crippen LogP contribution < -0.4 is 0 Å². The molecule has 0 bridgehead atoms. The van der Waals surface area contributed by atoms with Crippen LogP contribution in [0.1, 0.15) is 0 Å². The van der Waals surface area contributed by atoms with Gasteiger partial charge in [0.15, 0.2) is 28.6 Å². The first-order valence-electron chi connectivity index (χ1n) is 18.0. The van der Waals surface area contributed by atoms with Crippen LogP contribution in [0, 0.1) is 0 Å². The molecule has 7 aromatic carbocycles. The highest BCUT2D eigenvalue weighted by Crippen LogP contribution is 2.36. The van der Waals surface area contributed by atoms with E-state index in [0.29, 0.717) is 51.5 Å². The molecule has 0 aliphatic rings. The van der Waals surface area contributed by atoms with Crippen molar-refractivity contribution in [3.05, 3.63) is 170 Å². The molecule has 55 heavy (non-hydrogen) atoms. The van der Waals surface area contributed by atoms with Crippen molar-refractivity contribution in [1.82, 2.24) is 29.5 Å². The lowest BCUT2D eigenvalue weighted by Gasteiger charge is -2.10. The molecule has 8 nitrogen and oxygen atoms in total. The summed E-state index contributed by atoms with van der Waals surface area (Å²) in [6.45, 7) is 0. The number of fused-ring (bicyclic) bond motifs is 5. The highest BCUT2D eigenvalue weighted by molar-refractivity contribution is 6.10. The SMILES string of the molecule is c1ccc(-c2nc3cc(-c4nc(-c5ccc6oc(-c7ccccc7)nc6c5)nc(-c5ccc6c7ccccc7n(-c7ccccc7)c6c5)n4)ccc3o2)cc1. The minimum absolute atomic E-state index is 0.514. The molecule has 0 unspecified atom stereocenters. The van der Waals surface area contributed by atoms with Crippen LogP contribution in [0.2, 0.25) is 0 Å². The van der Waals surface area contributed by atoms with Crippen molar-refractivity contribution >= 4 is 44.0 Å². The minimum atomic E-state index is 0.514. The topological polar surface area (TPSA) is 95.7 Å². The highest BCUT2D eigenvalue weighted by Gasteiger charge is 2.19. The summed E-state index contributed by atoms with van der Waals surface area (Å²) in [6.07, 6.45) is 0. The molecular weight excluding hydrogens is 681 g/mol. The first kappa shape index (κ1) is 30.9. The van der Waals surface area contributed by atoms with Crippen molar-refractivity contribution in [2.75, 3.05) is 0 Å². The zero-order chi connectivity index (χ0) is 36.3. The van der Waals surface area contributed by atoms with E-state index in [-0.39, 0.29) is 0 Å². The molecule has 0 spiro atoms. The number of oxazole rings is 2. The molecule has 0 fully saturated rings. The first-order chi connectivity index (χ1) is 27.2. The number of benzene rings is 7. The van der Waals surface area contributed by atoms with Gasteiger partial charge in [-0.1, -0.05) is 84.9 Å². The van der Waals surface area contributed by atoms with Crippen LogP contribution in [0.3, 0.4) is 0 Å². The van der Waals surface area contributed by atoms with Crippen molar-refractivity contribution in [3.8, 4) is 62.8 Å². The maximum Gasteiger partial charge on any atom is 0.227 e. The van der Waals surface area contributed by atoms with Gasteiger partial charge in [0.25, 0.3) is 0 Å². The Balaban J connectivity index is 1.09. The Labute approximate surface area is 314 Å². The van der Waals surface area contributed by atoms with Gasteiger partial charge in [0.05, 0.1) is 11.0 Å². The van der Waals surface area contributed by atoms with Gasteiger partial charge in [-0.25, -0.2) is 24.9 Å². The lowest BCUT2D eigenvalue weighted by Crippen LogP contribution is -2.00. The molecule has 0 aliphatic heterocycles. The Morgan fingerprint density at radius 2 is 0.800 bits per heavy atom. The summed E-state index contributed by atoms with van der Waals surface area (Å²) >= 11 is 0. The fraction of sp³-hybridized carbons (Fsp3) is 0. The maximum atomic E-state index is 6.14. The molecule has 0 saturated carbocycles. The quantitative estimate of drug-likeness (QED) is 0.170. The third kappa shape index (κ3) is 5.35. The van der Waals surface area contributed by atoms with Gasteiger partial charge in [-0.2, -0.15) is 0 Å². The van der Waals surface area contributed by atoms with Crippen molar-refractivity contribution in [1.29, 1.82) is 0 Å². The fourth-order valence-electron chi connectivity index (χ4n) is 7.27. The average Bonchev–Trinajstić information content (AvgIpc) is 3.98. The van der Waals surface area contributed by atoms with Gasteiger partial charge in [0, 0.05) is 44.3 Å². The molecule has 11 rings (SSSR count). The number of rotatable bonds is 6. The standard InChI is InChI=1S/C47H28N6O2/c1-4-12-29(13-5-1)46-48-37-26-31(21-24-41(37)54-46)43-50-44(32-22-25-42-38(27-32)49-47(55-42)30-14-6-2-7-15-30)52-45(51-43)33-20-23-36-35-18-10-11-19-39(35)53(40(36)28-33)34-16-8-3-9-17-34/h1-28H. The molecule has 8 heteroatoms. The number of para-hydroxylation sites is 2. The van der Waals surface area contributed by atoms with Crippen molar-refractivity contribution in [3.63, 3.8) is 0 Å². The number of hydrogen-bond donors (Lipinski definition) is 0. The van der Waals surface area contributed by atoms with Crippen LogP contribution in [-0.4, -0.2) is 29.5 Å². The molecule has 0 N–H and O–H groups in total. The van der Waals surface area contributed by atoms with Crippen LogP contribution >= 0.6 is 0 Å². The van der Waals surface area contributed by atoms with E-state index in [0.717, 1.165) is 49.9 Å². The van der Waals surface area contributed by atoms with E-state index in [9.17, 15) is 0 Å². The van der Waals surface area contributed by atoms with Gasteiger partial charge in [0.1, 0.15) is 11.0 Å². The van der Waals surface area contributed by atoms with Gasteiger partial charge in [-0.15, -0.1) is 0 Å². The predicted molar refractivity (Wildman–Crippen MR) is 216 cm³/mol. The van der Waals surface area contributed by atoms with Gasteiger partial charge >= 0.3 is 0 Å². The fourth-order valence-corrected chi connectivity index (χ4v) is 7.27. The summed E-state index contributed by atoms with van der Waals surface area (Å²) < 4.78 is 14.6. The largest absolute Gasteiger partial charge is 0.436 e. The molecule has 0 radical (unpaired) electrons. The van der Waals surface area contributed by atoms with E-state index in [1.165, 1.54) is 5.39 Å². The normalized spacial score (nSPS) is 11.6.